The van der Waals surface area contributed by atoms with Crippen LogP contribution in [0.1, 0.15) is 5.56 Å². The van der Waals surface area contributed by atoms with Gasteiger partial charge in [0.25, 0.3) is 0 Å². The van der Waals surface area contributed by atoms with Crippen molar-refractivity contribution in [1.29, 1.82) is 0 Å². The van der Waals surface area contributed by atoms with Crippen molar-refractivity contribution in [3.8, 4) is 0 Å². The summed E-state index contributed by atoms with van der Waals surface area (Å²) in [5.74, 6) is 0. The lowest BCUT2D eigenvalue weighted by molar-refractivity contribution is 0.00356. The van der Waals surface area contributed by atoms with Crippen LogP contribution in [0.3, 0.4) is 0 Å². The van der Waals surface area contributed by atoms with E-state index >= 15 is 0 Å². The number of hydrogen-bond acceptors (Lipinski definition) is 4. The molecule has 0 spiro atoms. The number of aliphatic hydroxyl groups excluding tert-OH is 1. The fourth-order valence-corrected chi connectivity index (χ4v) is 2.55. The Bertz CT molecular complexity index is 456. The first-order valence-corrected chi connectivity index (χ1v) is 6.88. The van der Waals surface area contributed by atoms with Crippen LogP contribution in [-0.2, 0) is 4.74 Å². The van der Waals surface area contributed by atoms with Gasteiger partial charge < -0.3 is 20.5 Å². The molecule has 0 saturated carbocycles. The highest BCUT2D eigenvalue weighted by Gasteiger charge is 2.22. The van der Waals surface area contributed by atoms with Gasteiger partial charge in [-0.05, 0) is 18.2 Å². The van der Waals surface area contributed by atoms with Gasteiger partial charge in [0.05, 0.1) is 19.3 Å². The van der Waals surface area contributed by atoms with Gasteiger partial charge in [-0.2, -0.15) is 0 Å². The summed E-state index contributed by atoms with van der Waals surface area (Å²) in [6, 6.07) is 5.82. The van der Waals surface area contributed by atoms with E-state index < -0.39 is 0 Å². The number of benzene rings is 1. The Morgan fingerprint density at radius 1 is 1.61 bits per heavy atom. The smallest absolute Gasteiger partial charge is 0.106 e. The largest absolute Gasteiger partial charge is 0.394 e. The maximum Gasteiger partial charge on any atom is 0.106 e. The zero-order valence-corrected chi connectivity index (χ0v) is 12.2. The van der Waals surface area contributed by atoms with Crippen molar-refractivity contribution < 1.29 is 9.84 Å². The number of thiocarbonyl (C=S) groups is 1. The highest BCUT2D eigenvalue weighted by Crippen LogP contribution is 2.26. The Balaban J connectivity index is 2.31. The molecular weight excluding hydrogens is 316 g/mol. The Labute approximate surface area is 120 Å². The van der Waals surface area contributed by atoms with Crippen LogP contribution in [0.15, 0.2) is 22.7 Å². The molecule has 0 aliphatic carbocycles. The summed E-state index contributed by atoms with van der Waals surface area (Å²) in [7, 11) is 0. The van der Waals surface area contributed by atoms with Gasteiger partial charge in [-0.25, -0.2) is 0 Å². The van der Waals surface area contributed by atoms with Crippen LogP contribution in [0.2, 0.25) is 0 Å². The van der Waals surface area contributed by atoms with Crippen LogP contribution in [0.4, 0.5) is 5.69 Å². The number of aliphatic hydroxyl groups is 1. The van der Waals surface area contributed by atoms with Crippen LogP contribution in [-0.4, -0.2) is 42.5 Å². The lowest BCUT2D eigenvalue weighted by atomic mass is 10.1. The van der Waals surface area contributed by atoms with Gasteiger partial charge in [0.1, 0.15) is 4.99 Å². The minimum atomic E-state index is -0.156. The Kier molecular flexibility index (Phi) is 4.55. The number of halogens is 1. The van der Waals surface area contributed by atoms with E-state index in [1.54, 1.807) is 0 Å². The number of hydrogen-bond donors (Lipinski definition) is 2. The predicted molar refractivity (Wildman–Crippen MR) is 79.1 cm³/mol. The number of morpholine rings is 1. The van der Waals surface area contributed by atoms with Gasteiger partial charge in [-0.15, -0.1) is 0 Å². The molecule has 1 aliphatic heterocycles. The number of rotatable bonds is 3. The molecule has 0 amide bonds. The van der Waals surface area contributed by atoms with Crippen molar-refractivity contribution in [1.82, 2.24) is 0 Å². The van der Waals surface area contributed by atoms with Crippen molar-refractivity contribution in [3.05, 3.63) is 28.2 Å². The predicted octanol–water partition coefficient (Wildman–Crippen LogP) is 1.28. The lowest BCUT2D eigenvalue weighted by Crippen LogP contribution is -2.44. The molecule has 6 heteroatoms. The number of anilines is 1. The minimum absolute atomic E-state index is 0.0207. The van der Waals surface area contributed by atoms with E-state index in [-0.39, 0.29) is 12.7 Å². The van der Waals surface area contributed by atoms with Crippen molar-refractivity contribution in [2.75, 3.05) is 31.2 Å². The van der Waals surface area contributed by atoms with Crippen LogP contribution in [0.25, 0.3) is 0 Å². The first-order chi connectivity index (χ1) is 8.61. The summed E-state index contributed by atoms with van der Waals surface area (Å²) in [6.07, 6.45) is -0.156. The van der Waals surface area contributed by atoms with Crippen molar-refractivity contribution in [2.45, 2.75) is 6.10 Å². The SMILES string of the molecule is NC(=S)c1ccc(Br)cc1N1CCOC(CO)C1. The summed E-state index contributed by atoms with van der Waals surface area (Å²) >= 11 is 8.53. The van der Waals surface area contributed by atoms with E-state index in [9.17, 15) is 5.11 Å². The fourth-order valence-electron chi connectivity index (χ4n) is 2.02. The summed E-state index contributed by atoms with van der Waals surface area (Å²) in [4.78, 5) is 2.52. The van der Waals surface area contributed by atoms with E-state index in [4.69, 9.17) is 22.7 Å². The van der Waals surface area contributed by atoms with Gasteiger partial charge in [-0.1, -0.05) is 28.1 Å². The van der Waals surface area contributed by atoms with E-state index in [0.29, 0.717) is 18.1 Å². The van der Waals surface area contributed by atoms with Gasteiger partial charge in [-0.3, -0.25) is 0 Å². The van der Waals surface area contributed by atoms with E-state index in [1.165, 1.54) is 0 Å². The first kappa shape index (κ1) is 13.7. The average Bonchev–Trinajstić information content (AvgIpc) is 2.38. The van der Waals surface area contributed by atoms with Gasteiger partial charge >= 0.3 is 0 Å². The minimum Gasteiger partial charge on any atom is -0.394 e. The van der Waals surface area contributed by atoms with Gasteiger partial charge in [0.15, 0.2) is 0 Å². The third kappa shape index (κ3) is 3.00. The molecule has 1 heterocycles. The maximum absolute atomic E-state index is 9.18. The first-order valence-electron chi connectivity index (χ1n) is 5.68. The van der Waals surface area contributed by atoms with Crippen molar-refractivity contribution >= 4 is 38.8 Å². The normalized spacial score (nSPS) is 19.9. The quantitative estimate of drug-likeness (QED) is 0.817. The summed E-state index contributed by atoms with van der Waals surface area (Å²) in [5.41, 5.74) is 7.59. The highest BCUT2D eigenvalue weighted by atomic mass is 79.9. The molecule has 1 aromatic rings. The fraction of sp³-hybridized carbons (Fsp3) is 0.417. The molecule has 2 rings (SSSR count). The van der Waals surface area contributed by atoms with Crippen LogP contribution in [0, 0.1) is 0 Å². The monoisotopic (exact) mass is 330 g/mol. The maximum atomic E-state index is 9.18. The average molecular weight is 331 g/mol. The molecule has 1 aliphatic rings. The number of nitrogens with two attached hydrogens (primary N) is 1. The second-order valence-corrected chi connectivity index (χ2v) is 5.50. The van der Waals surface area contributed by atoms with Crippen LogP contribution < -0.4 is 10.6 Å². The van der Waals surface area contributed by atoms with Crippen molar-refractivity contribution in [3.63, 3.8) is 0 Å². The summed E-state index contributed by atoms with van der Waals surface area (Å²) < 4.78 is 6.42. The third-order valence-electron chi connectivity index (χ3n) is 2.91. The number of nitrogens with zero attached hydrogens (tertiary/aromatic N) is 1. The van der Waals surface area contributed by atoms with Gasteiger partial charge in [0, 0.05) is 28.8 Å². The molecule has 1 saturated heterocycles. The zero-order chi connectivity index (χ0) is 13.1. The van der Waals surface area contributed by atoms with Gasteiger partial charge in [0.2, 0.25) is 0 Å². The molecule has 3 N–H and O–H groups in total. The second kappa shape index (κ2) is 5.97. The summed E-state index contributed by atoms with van der Waals surface area (Å²) in [5, 5.41) is 9.18. The van der Waals surface area contributed by atoms with Crippen molar-refractivity contribution in [2.24, 2.45) is 5.73 Å². The Morgan fingerprint density at radius 3 is 3.06 bits per heavy atom. The molecule has 1 fully saturated rings. The summed E-state index contributed by atoms with van der Waals surface area (Å²) in [6.45, 7) is 2.02. The molecule has 0 radical (unpaired) electrons. The zero-order valence-electron chi connectivity index (χ0n) is 9.80. The third-order valence-corrected chi connectivity index (χ3v) is 3.62. The molecule has 0 bridgehead atoms. The molecule has 1 atom stereocenters. The lowest BCUT2D eigenvalue weighted by Gasteiger charge is -2.34. The molecule has 18 heavy (non-hydrogen) atoms. The van der Waals surface area contributed by atoms with E-state index in [1.807, 2.05) is 18.2 Å². The Hall–Kier alpha value is -0.690. The van der Waals surface area contributed by atoms with Crippen LogP contribution in [0.5, 0.6) is 0 Å². The molecule has 98 valence electrons. The molecule has 1 unspecified atom stereocenters. The number of ether oxygens (including phenoxy) is 1. The molecule has 1 aromatic carbocycles. The topological polar surface area (TPSA) is 58.7 Å². The highest BCUT2D eigenvalue weighted by molar-refractivity contribution is 9.10. The molecular formula is C12H15BrN2O2S. The van der Waals surface area contributed by atoms with E-state index in [0.717, 1.165) is 22.3 Å². The molecule has 4 nitrogen and oxygen atoms in total. The van der Waals surface area contributed by atoms with E-state index in [2.05, 4.69) is 20.8 Å². The Morgan fingerprint density at radius 2 is 2.39 bits per heavy atom. The second-order valence-electron chi connectivity index (χ2n) is 4.15. The molecule has 0 aromatic heterocycles. The van der Waals surface area contributed by atoms with Crippen LogP contribution >= 0.6 is 28.1 Å². The standard InChI is InChI=1S/C12H15BrN2O2S/c13-8-1-2-10(12(14)18)11(5-8)15-3-4-17-9(6-15)7-16/h1-2,5,9,16H,3-4,6-7H2,(H2,14,18).